The van der Waals surface area contributed by atoms with Gasteiger partial charge in [-0.05, 0) is 66.9 Å². The molecule has 35 heavy (non-hydrogen) atoms. The zero-order chi connectivity index (χ0) is 24.7. The fraction of sp³-hybridized carbons (Fsp3) is 0.296. The van der Waals surface area contributed by atoms with E-state index < -0.39 is 10.0 Å². The van der Waals surface area contributed by atoms with Gasteiger partial charge in [0.15, 0.2) is 0 Å². The van der Waals surface area contributed by atoms with Crippen molar-refractivity contribution in [2.75, 3.05) is 20.2 Å². The van der Waals surface area contributed by atoms with Crippen molar-refractivity contribution in [3.8, 4) is 5.75 Å². The Hall–Kier alpha value is -3.20. The van der Waals surface area contributed by atoms with Gasteiger partial charge < -0.3 is 10.1 Å². The number of hydrogen-bond acceptors (Lipinski definition) is 5. The van der Waals surface area contributed by atoms with Gasteiger partial charge >= 0.3 is 0 Å². The van der Waals surface area contributed by atoms with Gasteiger partial charge in [-0.1, -0.05) is 48.5 Å². The molecule has 0 bridgehead atoms. The second-order valence-electron chi connectivity index (χ2n) is 8.61. The summed E-state index contributed by atoms with van der Waals surface area (Å²) >= 11 is 0. The minimum atomic E-state index is -3.74. The molecule has 3 aromatic carbocycles. The highest BCUT2D eigenvalue weighted by molar-refractivity contribution is 7.89. The van der Waals surface area contributed by atoms with Crippen LogP contribution in [0, 0.1) is 0 Å². The minimum Gasteiger partial charge on any atom is -0.495 e. The number of para-hydroxylation sites is 1. The maximum atomic E-state index is 12.7. The van der Waals surface area contributed by atoms with E-state index >= 15 is 0 Å². The first-order valence-electron chi connectivity index (χ1n) is 11.8. The van der Waals surface area contributed by atoms with Crippen LogP contribution in [0.25, 0.3) is 0 Å². The van der Waals surface area contributed by atoms with Gasteiger partial charge in [0.05, 0.1) is 7.11 Å². The van der Waals surface area contributed by atoms with Crippen molar-refractivity contribution in [3.05, 3.63) is 95.1 Å². The quantitative estimate of drug-likeness (QED) is 0.450. The fourth-order valence-corrected chi connectivity index (χ4v) is 5.40. The van der Waals surface area contributed by atoms with Crippen molar-refractivity contribution >= 4 is 15.9 Å². The number of likely N-dealkylation sites (tertiary alicyclic amines) is 1. The highest BCUT2D eigenvalue weighted by Crippen LogP contribution is 2.23. The SMILES string of the molecule is COc1ccccc1S(=O)(=O)NCc1ccc(C(=O)NCc2ccccc2CN2CCCC2)cc1. The van der Waals surface area contributed by atoms with Crippen LogP contribution in [0.4, 0.5) is 0 Å². The van der Waals surface area contributed by atoms with Gasteiger partial charge in [-0.2, -0.15) is 0 Å². The van der Waals surface area contributed by atoms with Crippen molar-refractivity contribution in [2.45, 2.75) is 37.4 Å². The van der Waals surface area contributed by atoms with Crippen LogP contribution in [0.2, 0.25) is 0 Å². The maximum Gasteiger partial charge on any atom is 0.251 e. The molecule has 0 aliphatic carbocycles. The topological polar surface area (TPSA) is 87.7 Å². The monoisotopic (exact) mass is 493 g/mol. The number of carbonyl (C=O) groups is 1. The zero-order valence-corrected chi connectivity index (χ0v) is 20.7. The van der Waals surface area contributed by atoms with Crippen LogP contribution in [0.15, 0.2) is 77.7 Å². The number of amides is 1. The van der Waals surface area contributed by atoms with E-state index in [2.05, 4.69) is 27.1 Å². The van der Waals surface area contributed by atoms with Gasteiger partial charge in [0.2, 0.25) is 10.0 Å². The smallest absolute Gasteiger partial charge is 0.251 e. The average molecular weight is 494 g/mol. The lowest BCUT2D eigenvalue weighted by atomic mass is 10.1. The van der Waals surface area contributed by atoms with E-state index in [1.807, 2.05) is 12.1 Å². The average Bonchev–Trinajstić information content (AvgIpc) is 3.40. The molecule has 184 valence electrons. The number of hydrogen-bond donors (Lipinski definition) is 2. The zero-order valence-electron chi connectivity index (χ0n) is 19.9. The van der Waals surface area contributed by atoms with Gasteiger partial charge in [0, 0.05) is 25.2 Å². The molecular weight excluding hydrogens is 462 g/mol. The van der Waals surface area contributed by atoms with Crippen molar-refractivity contribution in [3.63, 3.8) is 0 Å². The van der Waals surface area contributed by atoms with Gasteiger partial charge in [-0.25, -0.2) is 13.1 Å². The summed E-state index contributed by atoms with van der Waals surface area (Å²) in [7, 11) is -2.30. The van der Waals surface area contributed by atoms with E-state index in [9.17, 15) is 13.2 Å². The van der Waals surface area contributed by atoms with Gasteiger partial charge in [-0.15, -0.1) is 0 Å². The molecule has 0 unspecified atom stereocenters. The molecule has 1 aliphatic rings. The van der Waals surface area contributed by atoms with Gasteiger partial charge in [0.1, 0.15) is 10.6 Å². The molecule has 1 saturated heterocycles. The van der Waals surface area contributed by atoms with Gasteiger partial charge in [0.25, 0.3) is 5.91 Å². The first-order valence-corrected chi connectivity index (χ1v) is 13.2. The Bertz CT molecular complexity index is 1250. The third-order valence-corrected chi connectivity index (χ3v) is 7.63. The summed E-state index contributed by atoms with van der Waals surface area (Å²) in [4.78, 5) is 15.2. The highest BCUT2D eigenvalue weighted by Gasteiger charge is 2.19. The Morgan fingerprint density at radius 2 is 1.54 bits per heavy atom. The molecule has 7 nitrogen and oxygen atoms in total. The molecule has 1 fully saturated rings. The van der Waals surface area contributed by atoms with Crippen molar-refractivity contribution in [1.82, 2.24) is 14.9 Å². The number of methoxy groups -OCH3 is 1. The molecule has 0 saturated carbocycles. The van der Waals surface area contributed by atoms with Crippen LogP contribution < -0.4 is 14.8 Å². The second kappa shape index (κ2) is 11.5. The number of benzene rings is 3. The molecule has 8 heteroatoms. The lowest BCUT2D eigenvalue weighted by Crippen LogP contribution is -2.25. The number of sulfonamides is 1. The first kappa shape index (κ1) is 24.9. The maximum absolute atomic E-state index is 12.7. The van der Waals surface area contributed by atoms with E-state index in [1.165, 1.54) is 31.6 Å². The molecule has 0 atom stereocenters. The van der Waals surface area contributed by atoms with Crippen LogP contribution >= 0.6 is 0 Å². The Labute approximate surface area is 207 Å². The number of rotatable bonds is 10. The molecular formula is C27H31N3O4S. The Morgan fingerprint density at radius 3 is 2.26 bits per heavy atom. The van der Waals surface area contributed by atoms with Crippen LogP contribution in [0.5, 0.6) is 5.75 Å². The molecule has 1 heterocycles. The Morgan fingerprint density at radius 1 is 0.886 bits per heavy atom. The Balaban J connectivity index is 1.33. The van der Waals surface area contributed by atoms with Gasteiger partial charge in [-0.3, -0.25) is 9.69 Å². The number of carbonyl (C=O) groups excluding carboxylic acids is 1. The molecule has 2 N–H and O–H groups in total. The van der Waals surface area contributed by atoms with E-state index in [4.69, 9.17) is 4.74 Å². The predicted molar refractivity (Wildman–Crippen MR) is 136 cm³/mol. The van der Waals surface area contributed by atoms with Crippen LogP contribution in [0.1, 0.15) is 39.9 Å². The summed E-state index contributed by atoms with van der Waals surface area (Å²) in [6, 6.07) is 21.6. The first-order chi connectivity index (χ1) is 17.0. The summed E-state index contributed by atoms with van der Waals surface area (Å²) in [5, 5.41) is 3.01. The lowest BCUT2D eigenvalue weighted by Gasteiger charge is -2.17. The summed E-state index contributed by atoms with van der Waals surface area (Å²) in [6.07, 6.45) is 2.49. The summed E-state index contributed by atoms with van der Waals surface area (Å²) in [6.45, 7) is 3.73. The number of nitrogens with zero attached hydrogens (tertiary/aromatic N) is 1. The molecule has 1 aliphatic heterocycles. The lowest BCUT2D eigenvalue weighted by molar-refractivity contribution is 0.0950. The van der Waals surface area contributed by atoms with Crippen molar-refractivity contribution in [2.24, 2.45) is 0 Å². The summed E-state index contributed by atoms with van der Waals surface area (Å²) in [5.74, 6) is 0.121. The van der Waals surface area contributed by atoms with E-state index in [-0.39, 0.29) is 23.1 Å². The van der Waals surface area contributed by atoms with E-state index in [0.717, 1.165) is 30.8 Å². The third-order valence-electron chi connectivity index (χ3n) is 6.19. The molecule has 4 rings (SSSR count). The minimum absolute atomic E-state index is 0.0866. The fourth-order valence-electron chi connectivity index (χ4n) is 4.21. The molecule has 0 spiro atoms. The summed E-state index contributed by atoms with van der Waals surface area (Å²) in [5.41, 5.74) is 3.64. The predicted octanol–water partition coefficient (Wildman–Crippen LogP) is 3.70. The highest BCUT2D eigenvalue weighted by atomic mass is 32.2. The molecule has 0 radical (unpaired) electrons. The standard InChI is InChI=1S/C27H31N3O4S/c1-34-25-10-4-5-11-26(25)35(32,33)29-18-21-12-14-22(15-13-21)27(31)28-19-23-8-2-3-9-24(23)20-30-16-6-7-17-30/h2-5,8-15,29H,6-7,16-20H2,1H3,(H,28,31). The van der Waals surface area contributed by atoms with Crippen molar-refractivity contribution < 1.29 is 17.9 Å². The van der Waals surface area contributed by atoms with Crippen molar-refractivity contribution in [1.29, 1.82) is 0 Å². The van der Waals surface area contributed by atoms with Crippen LogP contribution in [-0.2, 0) is 29.7 Å². The Kier molecular flexibility index (Phi) is 8.17. The molecule has 1 amide bonds. The van der Waals surface area contributed by atoms with E-state index in [1.54, 1.807) is 42.5 Å². The number of ether oxygens (including phenoxy) is 1. The van der Waals surface area contributed by atoms with Crippen LogP contribution in [0.3, 0.4) is 0 Å². The summed E-state index contributed by atoms with van der Waals surface area (Å²) < 4.78 is 33.1. The second-order valence-corrected chi connectivity index (χ2v) is 10.3. The third kappa shape index (κ3) is 6.48. The largest absolute Gasteiger partial charge is 0.495 e. The number of nitrogens with one attached hydrogen (secondary N) is 2. The normalized spacial score (nSPS) is 14.1. The van der Waals surface area contributed by atoms with Crippen LogP contribution in [-0.4, -0.2) is 39.4 Å². The molecule has 3 aromatic rings. The van der Waals surface area contributed by atoms with E-state index in [0.29, 0.717) is 12.1 Å². The molecule has 0 aromatic heterocycles.